The minimum Gasteiger partial charge on any atom is -0.379 e. The molecule has 3 heteroatoms. The molecule has 1 aromatic rings. The molecule has 0 heterocycles. The van der Waals surface area contributed by atoms with Crippen LogP contribution in [0.25, 0.3) is 0 Å². The van der Waals surface area contributed by atoms with Crippen LogP contribution < -0.4 is 0 Å². The minimum atomic E-state index is -0.706. The fraction of sp³-hybridized carbons (Fsp3) is 0.500. The van der Waals surface area contributed by atoms with Gasteiger partial charge in [-0.05, 0) is 18.9 Å². The Balaban J connectivity index is 1.98. The van der Waals surface area contributed by atoms with Crippen molar-refractivity contribution < 1.29 is 14.6 Å². The van der Waals surface area contributed by atoms with Gasteiger partial charge in [0.05, 0.1) is 19.8 Å². The Bertz CT molecular complexity index is 246. The van der Waals surface area contributed by atoms with Crippen LogP contribution in [0.1, 0.15) is 12.5 Å². The molecule has 3 nitrogen and oxygen atoms in total. The Hall–Kier alpha value is -0.900. The lowest BCUT2D eigenvalue weighted by Gasteiger charge is -2.07. The van der Waals surface area contributed by atoms with Gasteiger partial charge in [0.25, 0.3) is 0 Å². The fourth-order valence-electron chi connectivity index (χ4n) is 1.21. The summed E-state index contributed by atoms with van der Waals surface area (Å²) in [5, 5.41) is 8.81. The normalized spacial score (nSPS) is 12.7. The molecule has 0 aromatic heterocycles. The summed E-state index contributed by atoms with van der Waals surface area (Å²) in [6.45, 7) is 3.24. The lowest BCUT2D eigenvalue weighted by molar-refractivity contribution is -0.0992. The number of hydrogen-bond donors (Lipinski definition) is 1. The molecular weight excluding hydrogens is 192 g/mol. The predicted octanol–water partition coefficient (Wildman–Crippen LogP) is 1.60. The molecule has 84 valence electrons. The van der Waals surface area contributed by atoms with E-state index >= 15 is 0 Å². The third kappa shape index (κ3) is 6.23. The smallest absolute Gasteiger partial charge is 0.151 e. The van der Waals surface area contributed by atoms with Gasteiger partial charge in [0.1, 0.15) is 0 Å². The summed E-state index contributed by atoms with van der Waals surface area (Å²) in [7, 11) is 0. The van der Waals surface area contributed by atoms with E-state index < -0.39 is 6.29 Å². The molecule has 0 saturated carbocycles. The summed E-state index contributed by atoms with van der Waals surface area (Å²) in [5.41, 5.74) is 1.27. The van der Waals surface area contributed by atoms with Crippen LogP contribution in [-0.2, 0) is 15.9 Å². The predicted molar refractivity (Wildman–Crippen MR) is 58.6 cm³/mol. The molecule has 1 atom stereocenters. The zero-order valence-corrected chi connectivity index (χ0v) is 9.06. The molecule has 1 rings (SSSR count). The average molecular weight is 210 g/mol. The van der Waals surface area contributed by atoms with E-state index in [0.29, 0.717) is 19.8 Å². The van der Waals surface area contributed by atoms with Crippen LogP contribution in [0.15, 0.2) is 30.3 Å². The molecule has 15 heavy (non-hydrogen) atoms. The van der Waals surface area contributed by atoms with Crippen molar-refractivity contribution in [1.29, 1.82) is 0 Å². The van der Waals surface area contributed by atoms with E-state index in [2.05, 4.69) is 12.1 Å². The van der Waals surface area contributed by atoms with Gasteiger partial charge in [0, 0.05) is 0 Å². The monoisotopic (exact) mass is 210 g/mol. The van der Waals surface area contributed by atoms with Gasteiger partial charge in [-0.25, -0.2) is 0 Å². The fourth-order valence-corrected chi connectivity index (χ4v) is 1.21. The molecule has 0 aliphatic rings. The Labute approximate surface area is 90.6 Å². The SMILES string of the molecule is CC(O)OCCOCCc1ccccc1. The molecule has 0 radical (unpaired) electrons. The number of ether oxygens (including phenoxy) is 2. The number of hydrogen-bond acceptors (Lipinski definition) is 3. The summed E-state index contributed by atoms with van der Waals surface area (Å²) in [6, 6.07) is 10.2. The highest BCUT2D eigenvalue weighted by atomic mass is 16.6. The highest BCUT2D eigenvalue weighted by Crippen LogP contribution is 1.99. The molecule has 0 spiro atoms. The van der Waals surface area contributed by atoms with E-state index in [4.69, 9.17) is 14.6 Å². The van der Waals surface area contributed by atoms with Crippen LogP contribution in [0.3, 0.4) is 0 Å². The van der Waals surface area contributed by atoms with E-state index in [1.165, 1.54) is 5.56 Å². The van der Waals surface area contributed by atoms with Gasteiger partial charge in [0.2, 0.25) is 0 Å². The van der Waals surface area contributed by atoms with E-state index in [-0.39, 0.29) is 0 Å². The van der Waals surface area contributed by atoms with Crippen LogP contribution in [-0.4, -0.2) is 31.2 Å². The van der Waals surface area contributed by atoms with Crippen LogP contribution in [0.5, 0.6) is 0 Å². The van der Waals surface area contributed by atoms with E-state index in [1.807, 2.05) is 18.2 Å². The lowest BCUT2D eigenvalue weighted by Crippen LogP contribution is -2.12. The minimum absolute atomic E-state index is 0.437. The first kappa shape index (κ1) is 12.2. The Morgan fingerprint density at radius 3 is 2.53 bits per heavy atom. The first-order valence-corrected chi connectivity index (χ1v) is 5.20. The van der Waals surface area contributed by atoms with Gasteiger partial charge in [-0.2, -0.15) is 0 Å². The van der Waals surface area contributed by atoms with Gasteiger partial charge in [-0.1, -0.05) is 30.3 Å². The second kappa shape index (κ2) is 7.40. The molecule has 0 bridgehead atoms. The third-order valence-electron chi connectivity index (χ3n) is 1.96. The highest BCUT2D eigenvalue weighted by molar-refractivity contribution is 5.14. The Kier molecular flexibility index (Phi) is 6.00. The van der Waals surface area contributed by atoms with Crippen LogP contribution in [0.2, 0.25) is 0 Å². The van der Waals surface area contributed by atoms with Crippen molar-refractivity contribution in [3.05, 3.63) is 35.9 Å². The Morgan fingerprint density at radius 2 is 1.87 bits per heavy atom. The maximum atomic E-state index is 8.81. The van der Waals surface area contributed by atoms with Crippen molar-refractivity contribution in [3.63, 3.8) is 0 Å². The van der Waals surface area contributed by atoms with Crippen LogP contribution >= 0.6 is 0 Å². The summed E-state index contributed by atoms with van der Waals surface area (Å²) in [6.07, 6.45) is 0.206. The average Bonchev–Trinajstić information content (AvgIpc) is 2.24. The second-order valence-electron chi connectivity index (χ2n) is 3.32. The molecule has 0 aliphatic heterocycles. The first-order valence-electron chi connectivity index (χ1n) is 5.20. The third-order valence-corrected chi connectivity index (χ3v) is 1.96. The Morgan fingerprint density at radius 1 is 1.13 bits per heavy atom. The van der Waals surface area contributed by atoms with Crippen molar-refractivity contribution >= 4 is 0 Å². The van der Waals surface area contributed by atoms with Crippen LogP contribution in [0, 0.1) is 0 Å². The molecule has 1 aromatic carbocycles. The van der Waals surface area contributed by atoms with Crippen molar-refractivity contribution in [2.45, 2.75) is 19.6 Å². The van der Waals surface area contributed by atoms with Crippen molar-refractivity contribution in [2.75, 3.05) is 19.8 Å². The number of aliphatic hydroxyl groups excluding tert-OH is 1. The number of aliphatic hydroxyl groups is 1. The van der Waals surface area contributed by atoms with Gasteiger partial charge in [-0.15, -0.1) is 0 Å². The highest BCUT2D eigenvalue weighted by Gasteiger charge is 1.95. The maximum Gasteiger partial charge on any atom is 0.151 e. The second-order valence-corrected chi connectivity index (χ2v) is 3.32. The number of rotatable bonds is 7. The van der Waals surface area contributed by atoms with Crippen LogP contribution in [0.4, 0.5) is 0 Å². The van der Waals surface area contributed by atoms with E-state index in [0.717, 1.165) is 6.42 Å². The van der Waals surface area contributed by atoms with Gasteiger partial charge < -0.3 is 14.6 Å². The van der Waals surface area contributed by atoms with Crippen molar-refractivity contribution in [2.24, 2.45) is 0 Å². The largest absolute Gasteiger partial charge is 0.379 e. The molecule has 0 aliphatic carbocycles. The van der Waals surface area contributed by atoms with Crippen molar-refractivity contribution in [3.8, 4) is 0 Å². The first-order chi connectivity index (χ1) is 7.29. The molecular formula is C12H18O3. The molecule has 0 fully saturated rings. The van der Waals surface area contributed by atoms with E-state index in [9.17, 15) is 0 Å². The zero-order chi connectivity index (χ0) is 10.9. The number of benzene rings is 1. The molecule has 1 N–H and O–H groups in total. The van der Waals surface area contributed by atoms with Crippen molar-refractivity contribution in [1.82, 2.24) is 0 Å². The topological polar surface area (TPSA) is 38.7 Å². The van der Waals surface area contributed by atoms with Gasteiger partial charge >= 0.3 is 0 Å². The lowest BCUT2D eigenvalue weighted by atomic mass is 10.2. The van der Waals surface area contributed by atoms with Gasteiger partial charge in [0.15, 0.2) is 6.29 Å². The standard InChI is InChI=1S/C12H18O3/c1-11(13)15-10-9-14-8-7-12-5-3-2-4-6-12/h2-6,11,13H,7-10H2,1H3. The van der Waals surface area contributed by atoms with Gasteiger partial charge in [-0.3, -0.25) is 0 Å². The molecule has 0 amide bonds. The summed E-state index contributed by atoms with van der Waals surface area (Å²) < 4.78 is 10.3. The quantitative estimate of drug-likeness (QED) is 0.549. The van der Waals surface area contributed by atoms with E-state index in [1.54, 1.807) is 6.92 Å². The summed E-state index contributed by atoms with van der Waals surface area (Å²) in [4.78, 5) is 0. The molecule has 0 saturated heterocycles. The summed E-state index contributed by atoms with van der Waals surface area (Å²) >= 11 is 0. The summed E-state index contributed by atoms with van der Waals surface area (Å²) in [5.74, 6) is 0. The maximum absolute atomic E-state index is 8.81. The zero-order valence-electron chi connectivity index (χ0n) is 9.06. The molecule has 1 unspecified atom stereocenters.